The predicted octanol–water partition coefficient (Wildman–Crippen LogP) is 5.23. The van der Waals surface area contributed by atoms with Crippen molar-refractivity contribution in [3.8, 4) is 0 Å². The van der Waals surface area contributed by atoms with Gasteiger partial charge in [0.2, 0.25) is 5.91 Å². The Balaban J connectivity index is 1.37. The maximum Gasteiger partial charge on any atom is 0.230 e. The lowest BCUT2D eigenvalue weighted by molar-refractivity contribution is -0.119. The second kappa shape index (κ2) is 9.87. The molecule has 1 aromatic heterocycles. The van der Waals surface area contributed by atoms with Crippen LogP contribution in [0, 0.1) is 5.82 Å². The number of thioether (sulfide) groups is 1. The molecule has 0 spiro atoms. The summed E-state index contributed by atoms with van der Waals surface area (Å²) in [5.41, 5.74) is 1.77. The summed E-state index contributed by atoms with van der Waals surface area (Å²) in [4.78, 5) is 20.9. The molecule has 0 unspecified atom stereocenters. The van der Waals surface area contributed by atoms with E-state index in [4.69, 9.17) is 16.3 Å². The molecule has 1 atom stereocenters. The third kappa shape index (κ3) is 5.37. The fourth-order valence-corrected chi connectivity index (χ4v) is 5.16. The Morgan fingerprint density at radius 3 is 3.13 bits per heavy atom. The fraction of sp³-hybridized carbons (Fsp3) is 0.286. The number of carbonyl (C=O) groups excluding carboxylic acids is 1. The topological polar surface area (TPSA) is 63.6 Å². The van der Waals surface area contributed by atoms with Crippen LogP contribution >= 0.6 is 34.7 Å². The van der Waals surface area contributed by atoms with E-state index < -0.39 is 5.82 Å². The van der Waals surface area contributed by atoms with E-state index in [1.165, 1.54) is 35.4 Å². The summed E-state index contributed by atoms with van der Waals surface area (Å²) < 4.78 is 21.1. The highest BCUT2D eigenvalue weighted by Gasteiger charge is 2.16. The van der Waals surface area contributed by atoms with E-state index in [2.05, 4.69) is 15.3 Å². The van der Waals surface area contributed by atoms with Gasteiger partial charge in [-0.3, -0.25) is 9.79 Å². The Kier molecular flexibility index (Phi) is 6.99. The molecular formula is C21H19ClFN3O2S2. The van der Waals surface area contributed by atoms with Gasteiger partial charge in [0.15, 0.2) is 4.34 Å². The van der Waals surface area contributed by atoms with Crippen molar-refractivity contribution in [1.29, 1.82) is 0 Å². The van der Waals surface area contributed by atoms with E-state index >= 15 is 0 Å². The normalized spacial score (nSPS) is 16.5. The van der Waals surface area contributed by atoms with E-state index in [0.29, 0.717) is 23.0 Å². The first-order valence-corrected chi connectivity index (χ1v) is 11.7. The van der Waals surface area contributed by atoms with Crippen LogP contribution in [-0.4, -0.2) is 42.1 Å². The Morgan fingerprint density at radius 1 is 1.43 bits per heavy atom. The van der Waals surface area contributed by atoms with Crippen LogP contribution in [0.4, 0.5) is 10.1 Å². The van der Waals surface area contributed by atoms with E-state index in [9.17, 15) is 9.18 Å². The summed E-state index contributed by atoms with van der Waals surface area (Å²) in [6.07, 6.45) is 3.62. The first kappa shape index (κ1) is 21.2. The van der Waals surface area contributed by atoms with Gasteiger partial charge in [-0.25, -0.2) is 9.37 Å². The molecule has 0 aliphatic carbocycles. The Labute approximate surface area is 186 Å². The lowest BCUT2D eigenvalue weighted by Crippen LogP contribution is -2.32. The minimum atomic E-state index is -0.415. The number of nitrogens with zero attached hydrogens (tertiary/aromatic N) is 2. The molecule has 9 heteroatoms. The van der Waals surface area contributed by atoms with Crippen molar-refractivity contribution < 1.29 is 13.9 Å². The number of hydrogen-bond donors (Lipinski definition) is 1. The number of aliphatic imine (C=N–C) groups is 1. The van der Waals surface area contributed by atoms with Gasteiger partial charge in [-0.15, -0.1) is 11.3 Å². The molecule has 0 radical (unpaired) electrons. The van der Waals surface area contributed by atoms with Gasteiger partial charge in [-0.1, -0.05) is 29.4 Å². The van der Waals surface area contributed by atoms with Crippen molar-refractivity contribution in [3.05, 3.63) is 52.8 Å². The largest absolute Gasteiger partial charge is 0.376 e. The number of carbonyl (C=O) groups is 1. The lowest BCUT2D eigenvalue weighted by atomic mass is 10.2. The molecule has 2 heterocycles. The first-order valence-electron chi connectivity index (χ1n) is 9.48. The van der Waals surface area contributed by atoms with Crippen LogP contribution in [0.3, 0.4) is 0 Å². The average Bonchev–Trinajstić information content (AvgIpc) is 3.39. The molecule has 1 N–H and O–H groups in total. The molecular weight excluding hydrogens is 445 g/mol. The molecule has 1 aliphatic heterocycles. The highest BCUT2D eigenvalue weighted by molar-refractivity contribution is 8.01. The lowest BCUT2D eigenvalue weighted by Gasteiger charge is -2.09. The molecule has 3 aromatic rings. The van der Waals surface area contributed by atoms with Crippen LogP contribution in [0.15, 0.2) is 45.7 Å². The number of ether oxygens (including phenoxy) is 1. The molecule has 1 saturated heterocycles. The molecule has 1 amide bonds. The van der Waals surface area contributed by atoms with Crippen molar-refractivity contribution in [2.24, 2.45) is 4.99 Å². The number of halogens is 2. The van der Waals surface area contributed by atoms with Gasteiger partial charge in [0, 0.05) is 24.9 Å². The van der Waals surface area contributed by atoms with Crippen LogP contribution in [0.2, 0.25) is 5.02 Å². The van der Waals surface area contributed by atoms with Gasteiger partial charge in [0.05, 0.1) is 32.8 Å². The number of hydrogen-bond acceptors (Lipinski definition) is 6. The second-order valence-corrected chi connectivity index (χ2v) is 9.41. The molecule has 4 rings (SSSR count). The van der Waals surface area contributed by atoms with Gasteiger partial charge >= 0.3 is 0 Å². The van der Waals surface area contributed by atoms with Crippen LogP contribution in [-0.2, 0) is 9.53 Å². The third-order valence-corrected chi connectivity index (χ3v) is 7.06. The number of rotatable bonds is 7. The Morgan fingerprint density at radius 2 is 2.33 bits per heavy atom. The molecule has 30 heavy (non-hydrogen) atoms. The summed E-state index contributed by atoms with van der Waals surface area (Å²) in [6, 6.07) is 10.1. The highest BCUT2D eigenvalue weighted by Crippen LogP contribution is 2.32. The number of nitrogens with one attached hydrogen (secondary N) is 1. The number of benzene rings is 2. The number of aromatic nitrogens is 1. The molecule has 156 valence electrons. The third-order valence-electron chi connectivity index (χ3n) is 4.57. The highest BCUT2D eigenvalue weighted by atomic mass is 35.5. The van der Waals surface area contributed by atoms with Gasteiger partial charge in [-0.05, 0) is 43.2 Å². The summed E-state index contributed by atoms with van der Waals surface area (Å²) in [5, 5.41) is 3.22. The number of amides is 1. The molecule has 0 bridgehead atoms. The maximum atomic E-state index is 13.9. The summed E-state index contributed by atoms with van der Waals surface area (Å²) in [5.74, 6) is -0.132. The van der Waals surface area contributed by atoms with E-state index in [-0.39, 0.29) is 17.6 Å². The van der Waals surface area contributed by atoms with Crippen LogP contribution in [0.5, 0.6) is 0 Å². The monoisotopic (exact) mass is 463 g/mol. The van der Waals surface area contributed by atoms with Crippen LogP contribution in [0.25, 0.3) is 10.2 Å². The molecule has 5 nitrogen and oxygen atoms in total. The molecule has 0 saturated carbocycles. The standard InChI is InChI=1S/C21H19ClFN3O2S2/c22-16-4-1-5-17(23)15(16)11-24-13-6-7-18-19(9-13)30-21(26-18)29-12-20(27)25-10-14-3-2-8-28-14/h1,4-7,9,11,14H,2-3,8,10,12H2,(H,25,27)/t14-/m1/s1. The maximum absolute atomic E-state index is 13.9. The Hall–Kier alpha value is -2.00. The minimum absolute atomic E-state index is 0.0261. The SMILES string of the molecule is O=C(CSc1nc2ccc(N=Cc3c(F)cccc3Cl)cc2s1)NC[C@H]1CCCO1. The quantitative estimate of drug-likeness (QED) is 0.385. The smallest absolute Gasteiger partial charge is 0.230 e. The summed E-state index contributed by atoms with van der Waals surface area (Å²) in [7, 11) is 0. The fourth-order valence-electron chi connectivity index (χ4n) is 3.02. The molecule has 2 aromatic carbocycles. The number of fused-ring (bicyclic) bond motifs is 1. The van der Waals surface area contributed by atoms with Crippen LogP contribution < -0.4 is 5.32 Å². The summed E-state index contributed by atoms with van der Waals surface area (Å²) >= 11 is 8.94. The van der Waals surface area contributed by atoms with Crippen molar-refractivity contribution >= 4 is 62.7 Å². The zero-order chi connectivity index (χ0) is 20.9. The number of thiazole rings is 1. The van der Waals surface area contributed by atoms with Crippen molar-refractivity contribution in [2.45, 2.75) is 23.3 Å². The van der Waals surface area contributed by atoms with Crippen LogP contribution in [0.1, 0.15) is 18.4 Å². The average molecular weight is 464 g/mol. The van der Waals surface area contributed by atoms with E-state index in [1.807, 2.05) is 18.2 Å². The van der Waals surface area contributed by atoms with Gasteiger partial charge in [0.1, 0.15) is 5.82 Å². The van der Waals surface area contributed by atoms with Crippen molar-refractivity contribution in [1.82, 2.24) is 10.3 Å². The zero-order valence-electron chi connectivity index (χ0n) is 15.9. The van der Waals surface area contributed by atoms with Gasteiger partial charge in [0.25, 0.3) is 0 Å². The Bertz CT molecular complexity index is 1060. The van der Waals surface area contributed by atoms with E-state index in [0.717, 1.165) is 34.0 Å². The first-order chi connectivity index (χ1) is 14.6. The molecule has 1 fully saturated rings. The van der Waals surface area contributed by atoms with Crippen molar-refractivity contribution in [2.75, 3.05) is 18.9 Å². The van der Waals surface area contributed by atoms with Gasteiger partial charge < -0.3 is 10.1 Å². The molecule has 1 aliphatic rings. The second-order valence-electron chi connectivity index (χ2n) is 6.75. The van der Waals surface area contributed by atoms with Gasteiger partial charge in [-0.2, -0.15) is 0 Å². The van der Waals surface area contributed by atoms with Crippen molar-refractivity contribution in [3.63, 3.8) is 0 Å². The summed E-state index contributed by atoms with van der Waals surface area (Å²) in [6.45, 7) is 1.34. The predicted molar refractivity (Wildman–Crippen MR) is 121 cm³/mol. The minimum Gasteiger partial charge on any atom is -0.376 e. The van der Waals surface area contributed by atoms with E-state index in [1.54, 1.807) is 12.1 Å². The zero-order valence-corrected chi connectivity index (χ0v) is 18.3.